The highest BCUT2D eigenvalue weighted by Crippen LogP contribution is 2.35. The molecule has 2 aromatic heterocycles. The molecule has 4 aromatic rings. The van der Waals surface area contributed by atoms with E-state index in [-0.39, 0.29) is 36.8 Å². The van der Waals surface area contributed by atoms with Crippen molar-refractivity contribution in [1.29, 1.82) is 5.26 Å². The van der Waals surface area contributed by atoms with Gasteiger partial charge in [0.25, 0.3) is 5.91 Å². The van der Waals surface area contributed by atoms with Crippen LogP contribution < -0.4 is 16.4 Å². The Labute approximate surface area is 249 Å². The Bertz CT molecular complexity index is 1700. The second kappa shape index (κ2) is 12.7. The van der Waals surface area contributed by atoms with Gasteiger partial charge >= 0.3 is 0 Å². The summed E-state index contributed by atoms with van der Waals surface area (Å²) < 4.78 is 1.93. The van der Waals surface area contributed by atoms with E-state index >= 15 is 0 Å². The predicted octanol–water partition coefficient (Wildman–Crippen LogP) is 4.60. The van der Waals surface area contributed by atoms with Crippen molar-refractivity contribution in [3.05, 3.63) is 71.7 Å². The Morgan fingerprint density at radius 3 is 2.26 bits per heavy atom. The van der Waals surface area contributed by atoms with Crippen molar-refractivity contribution < 1.29 is 14.4 Å². The first-order valence-corrected chi connectivity index (χ1v) is 14.3. The van der Waals surface area contributed by atoms with Crippen LogP contribution in [0, 0.1) is 11.3 Å². The van der Waals surface area contributed by atoms with Crippen molar-refractivity contribution >= 4 is 40.3 Å². The summed E-state index contributed by atoms with van der Waals surface area (Å²) in [4.78, 5) is 47.9. The number of nitriles is 1. The van der Waals surface area contributed by atoms with Gasteiger partial charge in [0.1, 0.15) is 29.8 Å². The Morgan fingerprint density at radius 1 is 1.02 bits per heavy atom. The molecule has 0 aliphatic heterocycles. The lowest BCUT2D eigenvalue weighted by atomic mass is 9.95. The lowest BCUT2D eigenvalue weighted by Crippen LogP contribution is -2.39. The number of hydrogen-bond donors (Lipinski definition) is 3. The molecule has 43 heavy (non-hydrogen) atoms. The Balaban J connectivity index is 1.47. The Morgan fingerprint density at radius 2 is 1.67 bits per heavy atom. The van der Waals surface area contributed by atoms with Crippen LogP contribution in [-0.4, -0.2) is 50.7 Å². The maximum atomic E-state index is 14.2. The maximum Gasteiger partial charge on any atom is 0.271 e. The van der Waals surface area contributed by atoms with Gasteiger partial charge in [0, 0.05) is 32.2 Å². The molecule has 1 aliphatic carbocycles. The normalized spacial score (nSPS) is 13.3. The molecule has 2 aromatic carbocycles. The quantitative estimate of drug-likeness (QED) is 0.262. The number of nitrogens with two attached hydrogens (primary N) is 1. The number of carbonyl (C=O) groups is 3. The zero-order valence-corrected chi connectivity index (χ0v) is 24.3. The highest BCUT2D eigenvalue weighted by molar-refractivity contribution is 6.02. The van der Waals surface area contributed by atoms with E-state index in [0.29, 0.717) is 22.5 Å². The topological polar surface area (TPSA) is 159 Å². The number of rotatable bonds is 9. The van der Waals surface area contributed by atoms with Crippen molar-refractivity contribution in [2.75, 3.05) is 24.2 Å². The molecular formula is C32H34N8O3. The van der Waals surface area contributed by atoms with Crippen molar-refractivity contribution in [2.45, 2.75) is 51.6 Å². The van der Waals surface area contributed by atoms with E-state index in [1.54, 1.807) is 13.1 Å². The zero-order valence-electron chi connectivity index (χ0n) is 24.3. The van der Waals surface area contributed by atoms with E-state index in [4.69, 9.17) is 5.73 Å². The highest BCUT2D eigenvalue weighted by Gasteiger charge is 2.29. The average Bonchev–Trinajstić information content (AvgIpc) is 3.40. The van der Waals surface area contributed by atoms with Crippen LogP contribution in [0.5, 0.6) is 0 Å². The fourth-order valence-corrected chi connectivity index (χ4v) is 5.73. The minimum atomic E-state index is -0.618. The molecule has 1 aliphatic rings. The predicted molar refractivity (Wildman–Crippen MR) is 164 cm³/mol. The number of nitrogens with one attached hydrogen (secondary N) is 2. The molecule has 2 heterocycles. The average molecular weight is 579 g/mol. The smallest absolute Gasteiger partial charge is 0.271 e. The first-order valence-electron chi connectivity index (χ1n) is 14.3. The van der Waals surface area contributed by atoms with E-state index in [1.807, 2.05) is 59.2 Å². The first kappa shape index (κ1) is 29.3. The molecule has 3 amide bonds. The third kappa shape index (κ3) is 6.48. The number of aromatic nitrogens is 3. The van der Waals surface area contributed by atoms with Crippen LogP contribution in [0.25, 0.3) is 22.2 Å². The molecule has 1 saturated carbocycles. The minimum absolute atomic E-state index is 0.0184. The summed E-state index contributed by atoms with van der Waals surface area (Å²) >= 11 is 0. The molecule has 0 saturated heterocycles. The van der Waals surface area contributed by atoms with Gasteiger partial charge in [0.2, 0.25) is 17.6 Å². The van der Waals surface area contributed by atoms with Crippen molar-refractivity contribution in [1.82, 2.24) is 19.4 Å². The molecule has 11 heteroatoms. The summed E-state index contributed by atoms with van der Waals surface area (Å²) in [6, 6.07) is 19.1. The standard InChI is InChI=1S/C32H34N8O3/c1-20(41)36-24-14-12-23(13-15-24)22-10-8-21(9-11-22)18-39(19-28(34)42)32(43)27-16-26-30(35-2)37-29(17-33)38-31(26)40(27)25-6-4-3-5-7-25/h8-16,25H,3-7,18-19H2,1-2H3,(H2,34,42)(H,36,41)(H,35,37,38). The Hall–Kier alpha value is -5.24. The second-order valence-corrected chi connectivity index (χ2v) is 10.8. The maximum absolute atomic E-state index is 14.2. The fourth-order valence-electron chi connectivity index (χ4n) is 5.73. The number of fused-ring (bicyclic) bond motifs is 1. The van der Waals surface area contributed by atoms with E-state index in [0.717, 1.165) is 54.5 Å². The van der Waals surface area contributed by atoms with E-state index in [9.17, 15) is 19.6 Å². The molecule has 0 unspecified atom stereocenters. The number of anilines is 2. The first-order chi connectivity index (χ1) is 20.8. The molecule has 4 N–H and O–H groups in total. The lowest BCUT2D eigenvalue weighted by Gasteiger charge is -2.28. The van der Waals surface area contributed by atoms with Crippen LogP contribution >= 0.6 is 0 Å². The van der Waals surface area contributed by atoms with Crippen LogP contribution in [0.3, 0.4) is 0 Å². The molecule has 220 valence electrons. The molecule has 0 spiro atoms. The number of amides is 3. The van der Waals surface area contributed by atoms with Gasteiger partial charge in [-0.3, -0.25) is 14.4 Å². The summed E-state index contributed by atoms with van der Waals surface area (Å²) in [6.45, 7) is 1.38. The molecule has 0 atom stereocenters. The van der Waals surface area contributed by atoms with Crippen molar-refractivity contribution in [3.8, 4) is 17.2 Å². The van der Waals surface area contributed by atoms with Gasteiger partial charge in [-0.1, -0.05) is 55.7 Å². The third-order valence-electron chi connectivity index (χ3n) is 7.69. The molecule has 0 bridgehead atoms. The summed E-state index contributed by atoms with van der Waals surface area (Å²) in [5.41, 5.74) is 10.0. The van der Waals surface area contributed by atoms with Gasteiger partial charge in [0.05, 0.1) is 5.39 Å². The van der Waals surface area contributed by atoms with Crippen molar-refractivity contribution in [2.24, 2.45) is 5.73 Å². The lowest BCUT2D eigenvalue weighted by molar-refractivity contribution is -0.118. The van der Waals surface area contributed by atoms with Gasteiger partial charge < -0.3 is 25.8 Å². The molecule has 5 rings (SSSR count). The highest BCUT2D eigenvalue weighted by atomic mass is 16.2. The van der Waals surface area contributed by atoms with Gasteiger partial charge in [-0.15, -0.1) is 0 Å². The number of hydrogen-bond acceptors (Lipinski definition) is 7. The number of carbonyl (C=O) groups excluding carboxylic acids is 3. The molecule has 11 nitrogen and oxygen atoms in total. The number of benzene rings is 2. The summed E-state index contributed by atoms with van der Waals surface area (Å²) in [6.07, 6.45) is 4.95. The third-order valence-corrected chi connectivity index (χ3v) is 7.69. The number of primary amides is 1. The zero-order chi connectivity index (χ0) is 30.5. The second-order valence-electron chi connectivity index (χ2n) is 10.8. The van der Waals surface area contributed by atoms with Gasteiger partial charge in [-0.25, -0.2) is 9.97 Å². The van der Waals surface area contributed by atoms with Gasteiger partial charge in [-0.2, -0.15) is 5.26 Å². The van der Waals surface area contributed by atoms with E-state index in [1.165, 1.54) is 11.8 Å². The van der Waals surface area contributed by atoms with Crippen LogP contribution in [0.1, 0.15) is 66.9 Å². The summed E-state index contributed by atoms with van der Waals surface area (Å²) in [5, 5.41) is 16.0. The minimum Gasteiger partial charge on any atom is -0.372 e. The largest absolute Gasteiger partial charge is 0.372 e. The van der Waals surface area contributed by atoms with Crippen LogP contribution in [0.4, 0.5) is 11.5 Å². The summed E-state index contributed by atoms with van der Waals surface area (Å²) in [7, 11) is 1.71. The van der Waals surface area contributed by atoms with Crippen LogP contribution in [0.15, 0.2) is 54.6 Å². The molecular weight excluding hydrogens is 544 g/mol. The number of nitrogens with zero attached hydrogens (tertiary/aromatic N) is 5. The van der Waals surface area contributed by atoms with Gasteiger partial charge in [-0.05, 0) is 47.7 Å². The SMILES string of the molecule is CNc1nc(C#N)nc2c1cc(C(=O)N(CC(N)=O)Cc1ccc(-c3ccc(NC(C)=O)cc3)cc1)n2C1CCCCC1. The van der Waals surface area contributed by atoms with Crippen LogP contribution in [-0.2, 0) is 16.1 Å². The van der Waals surface area contributed by atoms with Crippen LogP contribution in [0.2, 0.25) is 0 Å². The van der Waals surface area contributed by atoms with Gasteiger partial charge in [0.15, 0.2) is 0 Å². The fraction of sp³-hybridized carbons (Fsp3) is 0.312. The Kier molecular flexibility index (Phi) is 8.66. The van der Waals surface area contributed by atoms with E-state index in [2.05, 4.69) is 20.6 Å². The van der Waals surface area contributed by atoms with E-state index < -0.39 is 5.91 Å². The molecule has 1 fully saturated rings. The summed E-state index contributed by atoms with van der Waals surface area (Å²) in [5.74, 6) is -0.613. The van der Waals surface area contributed by atoms with Crippen molar-refractivity contribution in [3.63, 3.8) is 0 Å². The molecule has 0 radical (unpaired) electrons. The monoisotopic (exact) mass is 578 g/mol.